The van der Waals surface area contributed by atoms with Crippen molar-refractivity contribution < 1.29 is 4.79 Å². The zero-order valence-corrected chi connectivity index (χ0v) is 10.9. The van der Waals surface area contributed by atoms with Crippen LogP contribution in [0.25, 0.3) is 11.0 Å². The molecule has 1 aromatic carbocycles. The first-order valence-corrected chi connectivity index (χ1v) is 6.64. The summed E-state index contributed by atoms with van der Waals surface area (Å²) in [6.45, 7) is 1.91. The molecule has 5 nitrogen and oxygen atoms in total. The average molecular weight is 258 g/mol. The molecule has 1 saturated carbocycles. The van der Waals surface area contributed by atoms with Gasteiger partial charge in [-0.1, -0.05) is 0 Å². The summed E-state index contributed by atoms with van der Waals surface area (Å²) in [5, 5.41) is 2.96. The van der Waals surface area contributed by atoms with Crippen molar-refractivity contribution >= 4 is 22.6 Å². The van der Waals surface area contributed by atoms with Crippen LogP contribution in [0.2, 0.25) is 0 Å². The Bertz CT molecular complexity index is 619. The predicted molar refractivity (Wildman–Crippen MR) is 74.8 cm³/mol. The number of nitrogens with zero attached hydrogens (tertiary/aromatic N) is 1. The Morgan fingerprint density at radius 2 is 2.32 bits per heavy atom. The van der Waals surface area contributed by atoms with Crippen LogP contribution in [0.5, 0.6) is 0 Å². The molecule has 2 atom stereocenters. The molecule has 0 bridgehead atoms. The van der Waals surface area contributed by atoms with E-state index in [0.717, 1.165) is 41.8 Å². The summed E-state index contributed by atoms with van der Waals surface area (Å²) in [5.41, 5.74) is 8.51. The van der Waals surface area contributed by atoms with E-state index in [0.29, 0.717) is 0 Å². The summed E-state index contributed by atoms with van der Waals surface area (Å²) < 4.78 is 0. The number of aromatic nitrogens is 2. The maximum absolute atomic E-state index is 12.1. The number of hydrogen-bond acceptors (Lipinski definition) is 3. The number of benzene rings is 1. The number of nitrogens with one attached hydrogen (secondary N) is 2. The van der Waals surface area contributed by atoms with Crippen molar-refractivity contribution in [1.82, 2.24) is 9.97 Å². The van der Waals surface area contributed by atoms with Crippen LogP contribution in [-0.4, -0.2) is 21.9 Å². The molecule has 1 fully saturated rings. The van der Waals surface area contributed by atoms with Gasteiger partial charge >= 0.3 is 0 Å². The lowest BCUT2D eigenvalue weighted by atomic mass is 10.1. The fourth-order valence-electron chi connectivity index (χ4n) is 2.71. The van der Waals surface area contributed by atoms with Crippen LogP contribution in [0.3, 0.4) is 0 Å². The van der Waals surface area contributed by atoms with E-state index in [-0.39, 0.29) is 17.9 Å². The summed E-state index contributed by atoms with van der Waals surface area (Å²) in [5.74, 6) is 0.998. The van der Waals surface area contributed by atoms with Crippen LogP contribution in [0.15, 0.2) is 18.2 Å². The number of carbonyl (C=O) groups is 1. The lowest BCUT2D eigenvalue weighted by Crippen LogP contribution is -2.23. The molecule has 19 heavy (non-hydrogen) atoms. The SMILES string of the molecule is Cc1nc2ccc(NC(=O)C3CCC(N)C3)cc2[nH]1. The van der Waals surface area contributed by atoms with Crippen LogP contribution < -0.4 is 11.1 Å². The third-order valence-electron chi connectivity index (χ3n) is 3.71. The van der Waals surface area contributed by atoms with Gasteiger partial charge in [-0.2, -0.15) is 0 Å². The average Bonchev–Trinajstić information content (AvgIpc) is 2.93. The molecule has 4 N–H and O–H groups in total. The van der Waals surface area contributed by atoms with Crippen LogP contribution >= 0.6 is 0 Å². The van der Waals surface area contributed by atoms with E-state index in [2.05, 4.69) is 15.3 Å². The first-order chi connectivity index (χ1) is 9.11. The molecule has 0 radical (unpaired) electrons. The summed E-state index contributed by atoms with van der Waals surface area (Å²) in [6, 6.07) is 5.89. The maximum atomic E-state index is 12.1. The van der Waals surface area contributed by atoms with E-state index in [1.54, 1.807) is 0 Å². The van der Waals surface area contributed by atoms with E-state index < -0.39 is 0 Å². The second kappa shape index (κ2) is 4.66. The van der Waals surface area contributed by atoms with E-state index in [1.165, 1.54) is 0 Å². The molecular formula is C14H18N4O. The highest BCUT2D eigenvalue weighted by Crippen LogP contribution is 2.26. The Morgan fingerprint density at radius 3 is 3.05 bits per heavy atom. The minimum absolute atomic E-state index is 0.0502. The molecule has 3 rings (SSSR count). The number of nitrogens with two attached hydrogens (primary N) is 1. The first-order valence-electron chi connectivity index (χ1n) is 6.64. The van der Waals surface area contributed by atoms with Gasteiger partial charge in [0.15, 0.2) is 0 Å². The van der Waals surface area contributed by atoms with Crippen molar-refractivity contribution in [3.05, 3.63) is 24.0 Å². The molecule has 100 valence electrons. The number of rotatable bonds is 2. The van der Waals surface area contributed by atoms with Gasteiger partial charge in [0, 0.05) is 17.6 Å². The van der Waals surface area contributed by atoms with Crippen molar-refractivity contribution in [2.75, 3.05) is 5.32 Å². The summed E-state index contributed by atoms with van der Waals surface area (Å²) in [6.07, 6.45) is 2.62. The first kappa shape index (κ1) is 12.2. The maximum Gasteiger partial charge on any atom is 0.227 e. The number of fused-ring (bicyclic) bond motifs is 1. The van der Waals surface area contributed by atoms with Gasteiger partial charge in [0.25, 0.3) is 0 Å². The normalized spacial score (nSPS) is 22.8. The minimum atomic E-state index is 0.0502. The number of H-pyrrole nitrogens is 1. The zero-order chi connectivity index (χ0) is 13.4. The Balaban J connectivity index is 1.75. The molecule has 1 aliphatic rings. The van der Waals surface area contributed by atoms with Gasteiger partial charge in [0.1, 0.15) is 5.82 Å². The van der Waals surface area contributed by atoms with Gasteiger partial charge in [0.05, 0.1) is 11.0 Å². The lowest BCUT2D eigenvalue weighted by Gasteiger charge is -2.10. The number of aryl methyl sites for hydroxylation is 1. The van der Waals surface area contributed by atoms with Gasteiger partial charge in [0.2, 0.25) is 5.91 Å². The van der Waals surface area contributed by atoms with Gasteiger partial charge in [-0.25, -0.2) is 4.98 Å². The van der Waals surface area contributed by atoms with E-state index in [9.17, 15) is 4.79 Å². The molecule has 0 saturated heterocycles. The Labute approximate surface area is 111 Å². The van der Waals surface area contributed by atoms with E-state index in [4.69, 9.17) is 5.73 Å². The smallest absolute Gasteiger partial charge is 0.227 e. The second-order valence-corrected chi connectivity index (χ2v) is 5.31. The molecule has 2 aromatic rings. The highest BCUT2D eigenvalue weighted by Gasteiger charge is 2.27. The van der Waals surface area contributed by atoms with Crippen molar-refractivity contribution in [2.24, 2.45) is 11.7 Å². The van der Waals surface area contributed by atoms with Gasteiger partial charge in [-0.15, -0.1) is 0 Å². The lowest BCUT2D eigenvalue weighted by molar-refractivity contribution is -0.119. The van der Waals surface area contributed by atoms with Crippen molar-refractivity contribution in [3.63, 3.8) is 0 Å². The van der Waals surface area contributed by atoms with Gasteiger partial charge in [-0.3, -0.25) is 4.79 Å². The highest BCUT2D eigenvalue weighted by atomic mass is 16.1. The standard InChI is InChI=1S/C14H18N4O/c1-8-16-12-5-4-11(7-13(12)17-8)18-14(19)9-2-3-10(15)6-9/h4-5,7,9-10H,2-3,6,15H2,1H3,(H,16,17)(H,18,19). The monoisotopic (exact) mass is 258 g/mol. The Morgan fingerprint density at radius 1 is 1.47 bits per heavy atom. The fourth-order valence-corrected chi connectivity index (χ4v) is 2.71. The Kier molecular flexibility index (Phi) is 2.98. The number of imidazole rings is 1. The van der Waals surface area contributed by atoms with E-state index in [1.807, 2.05) is 25.1 Å². The topological polar surface area (TPSA) is 83.8 Å². The number of anilines is 1. The van der Waals surface area contributed by atoms with Gasteiger partial charge in [-0.05, 0) is 44.4 Å². The van der Waals surface area contributed by atoms with Crippen molar-refractivity contribution in [1.29, 1.82) is 0 Å². The molecule has 1 aromatic heterocycles. The van der Waals surface area contributed by atoms with Crippen LogP contribution in [-0.2, 0) is 4.79 Å². The van der Waals surface area contributed by atoms with Crippen LogP contribution in [0.4, 0.5) is 5.69 Å². The number of hydrogen-bond donors (Lipinski definition) is 3. The van der Waals surface area contributed by atoms with Crippen molar-refractivity contribution in [2.45, 2.75) is 32.2 Å². The molecule has 1 amide bonds. The molecule has 1 heterocycles. The van der Waals surface area contributed by atoms with E-state index >= 15 is 0 Å². The predicted octanol–water partition coefficient (Wildman–Crippen LogP) is 1.94. The Hall–Kier alpha value is -1.88. The second-order valence-electron chi connectivity index (χ2n) is 5.31. The third-order valence-corrected chi connectivity index (χ3v) is 3.71. The van der Waals surface area contributed by atoms with Crippen LogP contribution in [0, 0.1) is 12.8 Å². The largest absolute Gasteiger partial charge is 0.342 e. The molecule has 1 aliphatic carbocycles. The molecular weight excluding hydrogens is 240 g/mol. The number of amides is 1. The molecule has 0 spiro atoms. The zero-order valence-electron chi connectivity index (χ0n) is 10.9. The fraction of sp³-hybridized carbons (Fsp3) is 0.429. The number of aromatic amines is 1. The summed E-state index contributed by atoms with van der Waals surface area (Å²) >= 11 is 0. The molecule has 5 heteroatoms. The third kappa shape index (κ3) is 2.46. The minimum Gasteiger partial charge on any atom is -0.342 e. The molecule has 0 aliphatic heterocycles. The quantitative estimate of drug-likeness (QED) is 0.769. The van der Waals surface area contributed by atoms with Gasteiger partial charge < -0.3 is 16.0 Å². The summed E-state index contributed by atoms with van der Waals surface area (Å²) in [4.78, 5) is 19.6. The summed E-state index contributed by atoms with van der Waals surface area (Å²) in [7, 11) is 0. The number of carbonyl (C=O) groups excluding carboxylic acids is 1. The highest BCUT2D eigenvalue weighted by molar-refractivity contribution is 5.94. The van der Waals surface area contributed by atoms with Crippen LogP contribution in [0.1, 0.15) is 25.1 Å². The molecule has 2 unspecified atom stereocenters. The van der Waals surface area contributed by atoms with Crippen molar-refractivity contribution in [3.8, 4) is 0 Å².